The van der Waals surface area contributed by atoms with Gasteiger partial charge in [-0.3, -0.25) is 9.69 Å². The normalized spacial score (nSPS) is 21.9. The SMILES string of the molecule is CC1(C(N)=O)CCN(CCOc2ccc(CC#N)cc2)C1. The molecule has 1 saturated heterocycles. The molecule has 1 heterocycles. The molecule has 1 aliphatic rings. The van der Waals surface area contributed by atoms with Crippen molar-refractivity contribution in [3.05, 3.63) is 29.8 Å². The molecule has 0 saturated carbocycles. The molecule has 1 aromatic rings. The van der Waals surface area contributed by atoms with Crippen molar-refractivity contribution < 1.29 is 9.53 Å². The maximum atomic E-state index is 11.4. The number of hydrogen-bond acceptors (Lipinski definition) is 4. The molecule has 0 spiro atoms. The van der Waals surface area contributed by atoms with Gasteiger partial charge in [0.05, 0.1) is 17.9 Å². The van der Waals surface area contributed by atoms with Crippen LogP contribution in [0.3, 0.4) is 0 Å². The van der Waals surface area contributed by atoms with E-state index in [1.807, 2.05) is 31.2 Å². The molecular formula is C16H21N3O2. The lowest BCUT2D eigenvalue weighted by atomic mass is 9.89. The van der Waals surface area contributed by atoms with Gasteiger partial charge in [-0.25, -0.2) is 0 Å². The van der Waals surface area contributed by atoms with Crippen molar-refractivity contribution in [1.29, 1.82) is 5.26 Å². The van der Waals surface area contributed by atoms with E-state index in [2.05, 4.69) is 11.0 Å². The van der Waals surface area contributed by atoms with Crippen molar-refractivity contribution in [1.82, 2.24) is 4.90 Å². The third-order valence-corrected chi connectivity index (χ3v) is 4.03. The van der Waals surface area contributed by atoms with Gasteiger partial charge in [0.1, 0.15) is 12.4 Å². The molecule has 0 radical (unpaired) electrons. The molecule has 21 heavy (non-hydrogen) atoms. The van der Waals surface area contributed by atoms with Gasteiger partial charge in [-0.15, -0.1) is 0 Å². The summed E-state index contributed by atoms with van der Waals surface area (Å²) >= 11 is 0. The number of nitriles is 1. The van der Waals surface area contributed by atoms with Crippen molar-refractivity contribution in [2.75, 3.05) is 26.2 Å². The van der Waals surface area contributed by atoms with Crippen LogP contribution in [0.1, 0.15) is 18.9 Å². The molecule has 0 bridgehead atoms. The maximum Gasteiger partial charge on any atom is 0.224 e. The van der Waals surface area contributed by atoms with Crippen molar-refractivity contribution in [3.8, 4) is 11.8 Å². The van der Waals surface area contributed by atoms with Crippen LogP contribution in [0, 0.1) is 16.7 Å². The monoisotopic (exact) mass is 287 g/mol. The van der Waals surface area contributed by atoms with E-state index in [0.717, 1.165) is 30.8 Å². The minimum Gasteiger partial charge on any atom is -0.492 e. The van der Waals surface area contributed by atoms with Gasteiger partial charge >= 0.3 is 0 Å². The highest BCUT2D eigenvalue weighted by atomic mass is 16.5. The second kappa shape index (κ2) is 6.59. The predicted molar refractivity (Wildman–Crippen MR) is 79.6 cm³/mol. The summed E-state index contributed by atoms with van der Waals surface area (Å²) in [5, 5.41) is 8.61. The third-order valence-electron chi connectivity index (χ3n) is 4.03. The average molecular weight is 287 g/mol. The first-order valence-corrected chi connectivity index (χ1v) is 7.14. The summed E-state index contributed by atoms with van der Waals surface area (Å²) in [4.78, 5) is 13.6. The molecule has 1 atom stereocenters. The number of ether oxygens (including phenoxy) is 1. The van der Waals surface area contributed by atoms with Crippen LogP contribution >= 0.6 is 0 Å². The third kappa shape index (κ3) is 3.96. The van der Waals surface area contributed by atoms with E-state index in [4.69, 9.17) is 15.7 Å². The van der Waals surface area contributed by atoms with Crippen molar-refractivity contribution in [3.63, 3.8) is 0 Å². The van der Waals surface area contributed by atoms with Crippen LogP contribution in [0.15, 0.2) is 24.3 Å². The summed E-state index contributed by atoms with van der Waals surface area (Å²) in [5.74, 6) is 0.576. The second-order valence-electron chi connectivity index (χ2n) is 5.78. The smallest absolute Gasteiger partial charge is 0.224 e. The van der Waals surface area contributed by atoms with Crippen LogP contribution in [0.2, 0.25) is 0 Å². The summed E-state index contributed by atoms with van der Waals surface area (Å²) in [7, 11) is 0. The number of primary amides is 1. The summed E-state index contributed by atoms with van der Waals surface area (Å²) in [5.41, 5.74) is 6.02. The molecule has 2 N–H and O–H groups in total. The molecule has 1 amide bonds. The maximum absolute atomic E-state index is 11.4. The van der Waals surface area contributed by atoms with Crippen LogP contribution in [-0.2, 0) is 11.2 Å². The zero-order chi connectivity index (χ0) is 15.3. The molecule has 5 heteroatoms. The zero-order valence-corrected chi connectivity index (χ0v) is 12.3. The van der Waals surface area contributed by atoms with E-state index in [1.165, 1.54) is 0 Å². The lowest BCUT2D eigenvalue weighted by Crippen LogP contribution is -2.37. The Labute approximate surface area is 125 Å². The summed E-state index contributed by atoms with van der Waals surface area (Å²) in [6, 6.07) is 9.68. The summed E-state index contributed by atoms with van der Waals surface area (Å²) < 4.78 is 5.69. The molecule has 5 nitrogen and oxygen atoms in total. The minimum absolute atomic E-state index is 0.223. The zero-order valence-electron chi connectivity index (χ0n) is 12.3. The number of amides is 1. The van der Waals surface area contributed by atoms with Crippen LogP contribution < -0.4 is 10.5 Å². The topological polar surface area (TPSA) is 79.3 Å². The fraction of sp³-hybridized carbons (Fsp3) is 0.500. The quantitative estimate of drug-likeness (QED) is 0.856. The Hall–Kier alpha value is -2.06. The first kappa shape index (κ1) is 15.3. The summed E-state index contributed by atoms with van der Waals surface area (Å²) in [6.07, 6.45) is 1.23. The number of carbonyl (C=O) groups is 1. The number of hydrogen-bond donors (Lipinski definition) is 1. The van der Waals surface area contributed by atoms with Gasteiger partial charge in [0.2, 0.25) is 5.91 Å². The Bertz CT molecular complexity index is 535. The van der Waals surface area contributed by atoms with E-state index in [1.54, 1.807) is 0 Å². The number of likely N-dealkylation sites (tertiary alicyclic amines) is 1. The number of carbonyl (C=O) groups excluding carboxylic acids is 1. The fourth-order valence-electron chi connectivity index (χ4n) is 2.54. The molecule has 1 aromatic carbocycles. The van der Waals surface area contributed by atoms with Gasteiger partial charge in [-0.1, -0.05) is 12.1 Å². The number of nitrogens with zero attached hydrogens (tertiary/aromatic N) is 2. The van der Waals surface area contributed by atoms with Gasteiger partial charge in [-0.2, -0.15) is 5.26 Å². The highest BCUT2D eigenvalue weighted by Gasteiger charge is 2.38. The number of rotatable bonds is 6. The molecule has 1 fully saturated rings. The highest BCUT2D eigenvalue weighted by molar-refractivity contribution is 5.81. The Morgan fingerprint density at radius 3 is 2.76 bits per heavy atom. The van der Waals surface area contributed by atoms with E-state index in [0.29, 0.717) is 19.6 Å². The van der Waals surface area contributed by atoms with Crippen molar-refractivity contribution >= 4 is 5.91 Å². The molecule has 0 aliphatic carbocycles. The lowest BCUT2D eigenvalue weighted by molar-refractivity contribution is -0.126. The molecule has 1 aliphatic heterocycles. The van der Waals surface area contributed by atoms with Crippen LogP contribution in [0.25, 0.3) is 0 Å². The van der Waals surface area contributed by atoms with Gasteiger partial charge in [0.15, 0.2) is 0 Å². The first-order valence-electron chi connectivity index (χ1n) is 7.14. The van der Waals surface area contributed by atoms with E-state index >= 15 is 0 Å². The van der Waals surface area contributed by atoms with E-state index < -0.39 is 5.41 Å². The van der Waals surface area contributed by atoms with Crippen molar-refractivity contribution in [2.45, 2.75) is 19.8 Å². The van der Waals surface area contributed by atoms with Gasteiger partial charge in [0.25, 0.3) is 0 Å². The second-order valence-corrected chi connectivity index (χ2v) is 5.78. The first-order chi connectivity index (χ1) is 10.0. The summed E-state index contributed by atoms with van der Waals surface area (Å²) in [6.45, 7) is 4.86. The molecule has 1 unspecified atom stereocenters. The molecular weight excluding hydrogens is 266 g/mol. The largest absolute Gasteiger partial charge is 0.492 e. The Morgan fingerprint density at radius 2 is 2.19 bits per heavy atom. The Kier molecular flexibility index (Phi) is 4.81. The van der Waals surface area contributed by atoms with Crippen LogP contribution in [-0.4, -0.2) is 37.0 Å². The van der Waals surface area contributed by atoms with Gasteiger partial charge in [0, 0.05) is 13.1 Å². The van der Waals surface area contributed by atoms with Crippen LogP contribution in [0.4, 0.5) is 0 Å². The lowest BCUT2D eigenvalue weighted by Gasteiger charge is -2.21. The molecule has 112 valence electrons. The van der Waals surface area contributed by atoms with E-state index in [9.17, 15) is 4.79 Å². The number of benzene rings is 1. The minimum atomic E-state index is -0.404. The highest BCUT2D eigenvalue weighted by Crippen LogP contribution is 2.29. The number of nitrogens with two attached hydrogens (primary N) is 1. The molecule has 0 aromatic heterocycles. The van der Waals surface area contributed by atoms with Crippen molar-refractivity contribution in [2.24, 2.45) is 11.1 Å². The standard InChI is InChI=1S/C16H21N3O2/c1-16(15(18)20)7-9-19(12-16)10-11-21-14-4-2-13(3-5-14)6-8-17/h2-5H,6-7,9-12H2,1H3,(H2,18,20). The average Bonchev–Trinajstić information content (AvgIpc) is 2.84. The van der Waals surface area contributed by atoms with E-state index in [-0.39, 0.29) is 5.91 Å². The molecule has 2 rings (SSSR count). The Morgan fingerprint density at radius 1 is 1.48 bits per heavy atom. The predicted octanol–water partition coefficient (Wildman–Crippen LogP) is 1.33. The van der Waals surface area contributed by atoms with Gasteiger partial charge < -0.3 is 10.5 Å². The van der Waals surface area contributed by atoms with Crippen LogP contribution in [0.5, 0.6) is 5.75 Å². The fourth-order valence-corrected chi connectivity index (χ4v) is 2.54. The van der Waals surface area contributed by atoms with Gasteiger partial charge in [-0.05, 0) is 37.6 Å². The Balaban J connectivity index is 1.75.